The van der Waals surface area contributed by atoms with Crippen LogP contribution in [0.15, 0.2) is 42.5 Å². The molecule has 0 saturated carbocycles. The number of sulfonamides is 1. The molecular weight excluding hydrogens is 348 g/mol. The highest BCUT2D eigenvalue weighted by molar-refractivity contribution is 7.92. The maximum Gasteiger partial charge on any atom is 0.241 e. The van der Waals surface area contributed by atoms with Crippen molar-refractivity contribution < 1.29 is 13.2 Å². The summed E-state index contributed by atoms with van der Waals surface area (Å²) in [6.45, 7) is 7.54. The first-order valence-corrected chi connectivity index (χ1v) is 10.3. The molecular formula is C20H26N2O3S. The second kappa shape index (κ2) is 7.91. The first-order chi connectivity index (χ1) is 12.1. The number of hydrogen-bond donors (Lipinski definition) is 1. The summed E-state index contributed by atoms with van der Waals surface area (Å²) in [5.74, 6) is -0.343. The summed E-state index contributed by atoms with van der Waals surface area (Å²) in [7, 11) is -3.57. The first-order valence-electron chi connectivity index (χ1n) is 8.49. The van der Waals surface area contributed by atoms with Gasteiger partial charge < -0.3 is 5.32 Å². The van der Waals surface area contributed by atoms with E-state index in [0.29, 0.717) is 5.69 Å². The third kappa shape index (κ3) is 5.08. The highest BCUT2D eigenvalue weighted by Crippen LogP contribution is 2.20. The van der Waals surface area contributed by atoms with Crippen LogP contribution in [-0.4, -0.2) is 27.1 Å². The molecule has 0 fully saturated rings. The fourth-order valence-electron chi connectivity index (χ4n) is 2.99. The Balaban J connectivity index is 2.17. The van der Waals surface area contributed by atoms with E-state index in [0.717, 1.165) is 32.8 Å². The minimum atomic E-state index is -3.57. The summed E-state index contributed by atoms with van der Waals surface area (Å²) < 4.78 is 25.5. The molecule has 6 heteroatoms. The van der Waals surface area contributed by atoms with Crippen molar-refractivity contribution in [2.75, 3.05) is 17.1 Å². The molecule has 0 unspecified atom stereocenters. The van der Waals surface area contributed by atoms with Crippen LogP contribution in [0.3, 0.4) is 0 Å². The maximum absolute atomic E-state index is 12.5. The standard InChI is InChI=1S/C20H26N2O3S/c1-14-7-6-8-18(12-14)22(26(5,24)25)13-20(23)21-17(4)19-10-9-15(2)11-16(19)3/h6-12,17H,13H2,1-5H3,(H,21,23)/t17-/m1/s1. The maximum atomic E-state index is 12.5. The molecule has 1 N–H and O–H groups in total. The predicted molar refractivity (Wildman–Crippen MR) is 106 cm³/mol. The van der Waals surface area contributed by atoms with Gasteiger partial charge in [-0.1, -0.05) is 35.9 Å². The first kappa shape index (κ1) is 20.0. The van der Waals surface area contributed by atoms with Crippen molar-refractivity contribution in [2.45, 2.75) is 33.7 Å². The van der Waals surface area contributed by atoms with Gasteiger partial charge in [-0.05, 0) is 56.5 Å². The zero-order valence-corrected chi connectivity index (χ0v) is 16.7. The molecule has 0 heterocycles. The number of nitrogens with zero attached hydrogens (tertiary/aromatic N) is 1. The smallest absolute Gasteiger partial charge is 0.241 e. The molecule has 0 aliphatic heterocycles. The Morgan fingerprint density at radius 2 is 1.73 bits per heavy atom. The summed E-state index contributed by atoms with van der Waals surface area (Å²) in [5.41, 5.74) is 4.69. The van der Waals surface area contributed by atoms with Gasteiger partial charge in [-0.3, -0.25) is 9.10 Å². The van der Waals surface area contributed by atoms with E-state index in [-0.39, 0.29) is 18.5 Å². The van der Waals surface area contributed by atoms with E-state index in [2.05, 4.69) is 11.4 Å². The zero-order valence-electron chi connectivity index (χ0n) is 15.9. The Morgan fingerprint density at radius 3 is 2.31 bits per heavy atom. The molecule has 5 nitrogen and oxygen atoms in total. The summed E-state index contributed by atoms with van der Waals surface area (Å²) in [4.78, 5) is 12.5. The van der Waals surface area contributed by atoms with E-state index >= 15 is 0 Å². The van der Waals surface area contributed by atoms with E-state index in [1.807, 2.05) is 45.9 Å². The number of anilines is 1. The highest BCUT2D eigenvalue weighted by atomic mass is 32.2. The molecule has 0 aliphatic rings. The average Bonchev–Trinajstić information content (AvgIpc) is 2.51. The van der Waals surface area contributed by atoms with Crippen molar-refractivity contribution in [3.05, 3.63) is 64.7 Å². The normalized spacial score (nSPS) is 12.5. The van der Waals surface area contributed by atoms with Gasteiger partial charge in [0.2, 0.25) is 15.9 Å². The lowest BCUT2D eigenvalue weighted by atomic mass is 10.0. The van der Waals surface area contributed by atoms with Crippen molar-refractivity contribution >= 4 is 21.6 Å². The lowest BCUT2D eigenvalue weighted by Crippen LogP contribution is -2.41. The monoisotopic (exact) mass is 374 g/mol. The van der Waals surface area contributed by atoms with E-state index in [4.69, 9.17) is 0 Å². The van der Waals surface area contributed by atoms with Gasteiger partial charge in [0, 0.05) is 0 Å². The van der Waals surface area contributed by atoms with Crippen molar-refractivity contribution in [3.63, 3.8) is 0 Å². The SMILES string of the molecule is Cc1cccc(N(CC(=O)N[C@H](C)c2ccc(C)cc2C)S(C)(=O)=O)c1. The Bertz CT molecular complexity index is 907. The molecule has 2 rings (SSSR count). The molecule has 26 heavy (non-hydrogen) atoms. The fraction of sp³-hybridized carbons (Fsp3) is 0.350. The molecule has 0 aromatic heterocycles. The topological polar surface area (TPSA) is 66.5 Å². The van der Waals surface area contributed by atoms with Crippen LogP contribution in [0.5, 0.6) is 0 Å². The Labute approximate surface area is 156 Å². The number of aryl methyl sites for hydroxylation is 3. The second-order valence-corrected chi connectivity index (χ2v) is 8.66. The fourth-order valence-corrected chi connectivity index (χ4v) is 3.84. The number of hydrogen-bond acceptors (Lipinski definition) is 3. The highest BCUT2D eigenvalue weighted by Gasteiger charge is 2.22. The van der Waals surface area contributed by atoms with Crippen LogP contribution in [-0.2, 0) is 14.8 Å². The summed E-state index contributed by atoms with van der Waals surface area (Å²) in [6, 6.07) is 12.9. The van der Waals surface area contributed by atoms with E-state index in [1.165, 1.54) is 0 Å². The minimum absolute atomic E-state index is 0.206. The van der Waals surface area contributed by atoms with Gasteiger partial charge >= 0.3 is 0 Å². The van der Waals surface area contributed by atoms with Gasteiger partial charge in [-0.15, -0.1) is 0 Å². The van der Waals surface area contributed by atoms with Gasteiger partial charge in [0.05, 0.1) is 18.0 Å². The molecule has 0 aliphatic carbocycles. The number of carbonyl (C=O) groups excluding carboxylic acids is 1. The number of benzene rings is 2. The molecule has 0 spiro atoms. The van der Waals surface area contributed by atoms with Crippen molar-refractivity contribution in [1.82, 2.24) is 5.32 Å². The van der Waals surface area contributed by atoms with Gasteiger partial charge in [0.1, 0.15) is 6.54 Å². The second-order valence-electron chi connectivity index (χ2n) is 6.76. The zero-order chi connectivity index (χ0) is 19.5. The Kier molecular flexibility index (Phi) is 6.08. The van der Waals surface area contributed by atoms with Gasteiger partial charge in [0.15, 0.2) is 0 Å². The number of carbonyl (C=O) groups is 1. The van der Waals surface area contributed by atoms with Crippen LogP contribution in [0.4, 0.5) is 5.69 Å². The lowest BCUT2D eigenvalue weighted by molar-refractivity contribution is -0.120. The predicted octanol–water partition coefficient (Wildman–Crippen LogP) is 3.26. The van der Waals surface area contributed by atoms with Crippen LogP contribution in [0.1, 0.15) is 35.2 Å². The molecule has 2 aromatic rings. The van der Waals surface area contributed by atoms with Crippen LogP contribution in [0, 0.1) is 20.8 Å². The number of rotatable bonds is 6. The number of amides is 1. The minimum Gasteiger partial charge on any atom is -0.348 e. The molecule has 0 saturated heterocycles. The lowest BCUT2D eigenvalue weighted by Gasteiger charge is -2.24. The number of nitrogens with one attached hydrogen (secondary N) is 1. The van der Waals surface area contributed by atoms with Crippen molar-refractivity contribution in [1.29, 1.82) is 0 Å². The van der Waals surface area contributed by atoms with Gasteiger partial charge in [-0.2, -0.15) is 0 Å². The van der Waals surface area contributed by atoms with Crippen LogP contribution in [0.25, 0.3) is 0 Å². The molecule has 2 aromatic carbocycles. The summed E-state index contributed by atoms with van der Waals surface area (Å²) in [6.07, 6.45) is 1.11. The molecule has 0 radical (unpaired) electrons. The van der Waals surface area contributed by atoms with Crippen LogP contribution < -0.4 is 9.62 Å². The Morgan fingerprint density at radius 1 is 1.08 bits per heavy atom. The summed E-state index contributed by atoms with van der Waals surface area (Å²) in [5, 5.41) is 2.90. The van der Waals surface area contributed by atoms with E-state index in [9.17, 15) is 13.2 Å². The average molecular weight is 375 g/mol. The molecule has 140 valence electrons. The van der Waals surface area contributed by atoms with Crippen LogP contribution >= 0.6 is 0 Å². The van der Waals surface area contributed by atoms with E-state index < -0.39 is 10.0 Å². The van der Waals surface area contributed by atoms with Gasteiger partial charge in [0.25, 0.3) is 0 Å². The largest absolute Gasteiger partial charge is 0.348 e. The Hall–Kier alpha value is -2.34. The third-order valence-corrected chi connectivity index (χ3v) is 5.39. The van der Waals surface area contributed by atoms with E-state index in [1.54, 1.807) is 18.2 Å². The van der Waals surface area contributed by atoms with Crippen molar-refractivity contribution in [3.8, 4) is 0 Å². The van der Waals surface area contributed by atoms with Gasteiger partial charge in [-0.25, -0.2) is 8.42 Å². The quantitative estimate of drug-likeness (QED) is 0.844. The molecule has 1 atom stereocenters. The van der Waals surface area contributed by atoms with Crippen molar-refractivity contribution in [2.24, 2.45) is 0 Å². The van der Waals surface area contributed by atoms with Crippen LogP contribution in [0.2, 0.25) is 0 Å². The molecule has 0 bridgehead atoms. The third-order valence-electron chi connectivity index (χ3n) is 4.25. The summed E-state index contributed by atoms with van der Waals surface area (Å²) >= 11 is 0. The molecule has 1 amide bonds.